The number of rotatable bonds is 8. The minimum Gasteiger partial charge on any atom is -0.507 e. The molecule has 2 aliphatic rings. The summed E-state index contributed by atoms with van der Waals surface area (Å²) in [4.78, 5) is 44.3. The van der Waals surface area contributed by atoms with Crippen LogP contribution in [0.3, 0.4) is 0 Å². The lowest BCUT2D eigenvalue weighted by Crippen LogP contribution is -2.20. The Bertz CT molecular complexity index is 2960. The van der Waals surface area contributed by atoms with Crippen molar-refractivity contribution in [1.82, 2.24) is 0 Å². The fraction of sp³-hybridized carbons (Fsp3) is 0.0571. The van der Waals surface area contributed by atoms with Gasteiger partial charge in [0.2, 0.25) is 0 Å². The van der Waals surface area contributed by atoms with E-state index >= 15 is 0 Å². The molecule has 0 bridgehead atoms. The summed E-state index contributed by atoms with van der Waals surface area (Å²) < 4.78 is 133. The fourth-order valence-corrected chi connectivity index (χ4v) is 8.32. The van der Waals surface area contributed by atoms with E-state index in [0.29, 0.717) is 12.1 Å². The molecule has 25 heteroatoms. The number of anilines is 2. The second kappa shape index (κ2) is 15.6. The molecule has 0 spiro atoms. The maximum Gasteiger partial charge on any atom is 0.323 e. The standard InChI is InChI=1S/C35H26N4O17S4/c40-29-15-25(59(51,52)53)11-19-9-23(57(45,46)47)13-27(31(19)29)38-33(42)17-3-1-5-21(7-17)36-35(44)37-22-6-2-4-18(8-22)34(43)39-28-14-24(58(48,49)50)10-20-12-26(60(54,55)56)16-30(41)32(20)28/h1-8,11-16,40-41H,9-10H2,(H2,36,37,44)(H,45,46,47)(H,48,49,50)(H,51,52,53)(H,54,55,56). The molecule has 2 aliphatic carbocycles. The number of allylic oxidation sites excluding steroid dienone is 4. The van der Waals surface area contributed by atoms with Crippen molar-refractivity contribution in [3.8, 4) is 11.5 Å². The zero-order valence-corrected chi connectivity index (χ0v) is 33.0. The van der Waals surface area contributed by atoms with Crippen LogP contribution in [0.2, 0.25) is 0 Å². The van der Waals surface area contributed by atoms with Crippen molar-refractivity contribution in [2.45, 2.75) is 22.6 Å². The molecule has 0 saturated carbocycles. The van der Waals surface area contributed by atoms with Crippen molar-refractivity contribution in [3.05, 3.63) is 128 Å². The number of carbonyl (C=O) groups excluding carboxylic acids is 3. The van der Waals surface area contributed by atoms with Crippen LogP contribution in [0.15, 0.2) is 115 Å². The number of amides is 4. The summed E-state index contributed by atoms with van der Waals surface area (Å²) in [5, 5.41) is 26.1. The summed E-state index contributed by atoms with van der Waals surface area (Å²) in [6.07, 6.45) is 0.316. The van der Waals surface area contributed by atoms with Gasteiger partial charge in [-0.05, 0) is 71.8 Å². The Kier molecular flexibility index (Phi) is 11.2. The zero-order valence-electron chi connectivity index (χ0n) is 29.7. The van der Waals surface area contributed by atoms with E-state index in [4.69, 9.17) is 0 Å². The Balaban J connectivity index is 1.23. The van der Waals surface area contributed by atoms with Gasteiger partial charge in [-0.3, -0.25) is 27.8 Å². The van der Waals surface area contributed by atoms with Crippen LogP contribution in [-0.4, -0.2) is 91.4 Å². The lowest BCUT2D eigenvalue weighted by molar-refractivity contribution is 0.0995. The van der Waals surface area contributed by atoms with Gasteiger partial charge in [0.25, 0.3) is 52.3 Å². The predicted octanol–water partition coefficient (Wildman–Crippen LogP) is 3.15. The number of fused-ring (bicyclic) bond motifs is 2. The third-order valence-corrected chi connectivity index (χ3v) is 12.1. The quantitative estimate of drug-likeness (QED) is 0.118. The van der Waals surface area contributed by atoms with E-state index in [2.05, 4.69) is 20.6 Å². The number of phenols is 2. The minimum absolute atomic E-state index is 0.00499. The van der Waals surface area contributed by atoms with E-state index in [1.165, 1.54) is 36.4 Å². The Morgan fingerprint density at radius 3 is 1.22 bits per heavy atom. The molecule has 4 amide bonds. The highest BCUT2D eigenvalue weighted by Gasteiger charge is 2.30. The summed E-state index contributed by atoms with van der Waals surface area (Å²) in [6, 6.07) is 12.3. The molecule has 0 aromatic heterocycles. The summed E-state index contributed by atoms with van der Waals surface area (Å²) in [7, 11) is -19.6. The zero-order chi connectivity index (χ0) is 44.1. The van der Waals surface area contributed by atoms with Gasteiger partial charge in [0.1, 0.15) is 11.5 Å². The number of nitrogens with one attached hydrogen (secondary N) is 2. The first kappa shape index (κ1) is 43.1. The third-order valence-electron chi connectivity index (χ3n) is 8.62. The number of benzene rings is 4. The number of nitrogens with zero attached hydrogens (tertiary/aromatic N) is 2. The molecule has 21 nitrogen and oxygen atoms in total. The van der Waals surface area contributed by atoms with Gasteiger partial charge in [-0.25, -0.2) is 14.8 Å². The average molecular weight is 903 g/mol. The van der Waals surface area contributed by atoms with Crippen LogP contribution in [-0.2, 0) is 53.3 Å². The van der Waals surface area contributed by atoms with Gasteiger partial charge in [0.05, 0.1) is 31.0 Å². The topological polar surface area (TPSA) is 358 Å². The third kappa shape index (κ3) is 9.53. The molecule has 0 radical (unpaired) electrons. The first-order chi connectivity index (χ1) is 27.8. The first-order valence-electron chi connectivity index (χ1n) is 16.4. The lowest BCUT2D eigenvalue weighted by Gasteiger charge is -2.19. The van der Waals surface area contributed by atoms with E-state index < -0.39 is 114 Å². The molecule has 4 aromatic rings. The minimum atomic E-state index is -4.92. The molecule has 4 aromatic carbocycles. The van der Waals surface area contributed by atoms with Crippen LogP contribution in [0.1, 0.15) is 43.0 Å². The number of aromatic hydroxyl groups is 2. The van der Waals surface area contributed by atoms with E-state index in [9.17, 15) is 76.5 Å². The Morgan fingerprint density at radius 2 is 0.883 bits per heavy atom. The highest BCUT2D eigenvalue weighted by Crippen LogP contribution is 2.35. The van der Waals surface area contributed by atoms with Crippen LogP contribution in [0.5, 0.6) is 11.5 Å². The fourth-order valence-electron chi connectivity index (χ4n) is 6.02. The Labute approximate surface area is 339 Å². The normalized spacial score (nSPS) is 15.7. The van der Waals surface area contributed by atoms with Crippen molar-refractivity contribution in [1.29, 1.82) is 0 Å². The van der Waals surface area contributed by atoms with E-state index in [1.807, 2.05) is 0 Å². The maximum atomic E-state index is 13.3. The van der Waals surface area contributed by atoms with Gasteiger partial charge in [-0.15, -0.1) is 0 Å². The summed E-state index contributed by atoms with van der Waals surface area (Å²) in [5.74, 6) is -3.68. The Morgan fingerprint density at radius 1 is 0.517 bits per heavy atom. The van der Waals surface area contributed by atoms with Crippen LogP contribution in [0.25, 0.3) is 0 Å². The SMILES string of the molecule is O=C(Nc1cccc(C(=O)N=C2C=C(S(=O)(=O)O)Cc3cc(S(=O)(=O)O)cc(O)c32)c1)Nc1cccc(C(=O)N=C2C=C(S(=O)(=O)O)Cc3cc(S(=O)(=O)O)cc(O)c32)c1. The number of hydrogen-bond acceptors (Lipinski definition) is 13. The molecule has 0 saturated heterocycles. The van der Waals surface area contributed by atoms with Gasteiger partial charge in [-0.1, -0.05) is 12.1 Å². The van der Waals surface area contributed by atoms with Crippen LogP contribution >= 0.6 is 0 Å². The van der Waals surface area contributed by atoms with Gasteiger partial charge in [-0.2, -0.15) is 33.7 Å². The van der Waals surface area contributed by atoms with Crippen molar-refractivity contribution in [3.63, 3.8) is 0 Å². The lowest BCUT2D eigenvalue weighted by atomic mass is 9.94. The number of aliphatic imine (C=N–C) groups is 2. The smallest absolute Gasteiger partial charge is 0.323 e. The van der Waals surface area contributed by atoms with E-state index in [0.717, 1.165) is 36.4 Å². The van der Waals surface area contributed by atoms with Gasteiger partial charge < -0.3 is 20.8 Å². The molecular formula is C35H26N4O17S4. The number of hydrogen-bond donors (Lipinski definition) is 8. The Hall–Kier alpha value is -6.45. The summed E-state index contributed by atoms with van der Waals surface area (Å²) >= 11 is 0. The maximum absolute atomic E-state index is 13.3. The molecule has 0 aliphatic heterocycles. The highest BCUT2D eigenvalue weighted by atomic mass is 32.2. The van der Waals surface area contributed by atoms with E-state index in [1.54, 1.807) is 0 Å². The molecule has 60 heavy (non-hydrogen) atoms. The number of phenolic OH excluding ortho intramolecular Hbond substituents is 2. The second-order valence-corrected chi connectivity index (χ2v) is 18.6. The van der Waals surface area contributed by atoms with E-state index in [-0.39, 0.29) is 44.8 Å². The van der Waals surface area contributed by atoms with Crippen molar-refractivity contribution in [2.24, 2.45) is 9.98 Å². The van der Waals surface area contributed by atoms with Crippen molar-refractivity contribution in [2.75, 3.05) is 10.6 Å². The first-order valence-corrected chi connectivity index (χ1v) is 22.1. The predicted molar refractivity (Wildman–Crippen MR) is 210 cm³/mol. The molecule has 0 fully saturated rings. The van der Waals surface area contributed by atoms with Crippen molar-refractivity contribution >= 4 is 81.1 Å². The molecule has 0 atom stereocenters. The van der Waals surface area contributed by atoms with Crippen LogP contribution < -0.4 is 10.6 Å². The molecule has 8 N–H and O–H groups in total. The number of carbonyl (C=O) groups is 3. The van der Waals surface area contributed by atoms with Gasteiger partial charge >= 0.3 is 6.03 Å². The summed E-state index contributed by atoms with van der Waals surface area (Å²) in [5.41, 5.74) is -2.31. The van der Waals surface area contributed by atoms with Gasteiger partial charge in [0, 0.05) is 58.6 Å². The van der Waals surface area contributed by atoms with Crippen LogP contribution in [0, 0.1) is 0 Å². The average Bonchev–Trinajstić information content (AvgIpc) is 3.12. The number of urea groups is 1. The summed E-state index contributed by atoms with van der Waals surface area (Å²) in [6.45, 7) is 0. The highest BCUT2D eigenvalue weighted by molar-refractivity contribution is 7.90. The van der Waals surface area contributed by atoms with Gasteiger partial charge in [0.15, 0.2) is 0 Å². The molecular weight excluding hydrogens is 877 g/mol. The molecule has 6 rings (SSSR count). The monoisotopic (exact) mass is 902 g/mol. The van der Waals surface area contributed by atoms with Crippen LogP contribution in [0.4, 0.5) is 16.2 Å². The largest absolute Gasteiger partial charge is 0.507 e. The second-order valence-electron chi connectivity index (χ2n) is 12.8. The molecule has 0 unspecified atom stereocenters. The molecule has 312 valence electrons. The van der Waals surface area contributed by atoms with Crippen molar-refractivity contribution < 1.29 is 76.5 Å². The molecule has 0 heterocycles.